The SMILES string of the molecule is CC1CCCCOc2cccc3[nH]c(=O)c(nc23)-c2cccc3c(=O)n1sc23. The lowest BCUT2D eigenvalue weighted by atomic mass is 10.1. The van der Waals surface area contributed by atoms with Gasteiger partial charge in [-0.15, -0.1) is 0 Å². The fourth-order valence-electron chi connectivity index (χ4n) is 3.76. The van der Waals surface area contributed by atoms with Crippen LogP contribution in [0.25, 0.3) is 32.4 Å². The number of ether oxygens (including phenoxy) is 1. The zero-order valence-electron chi connectivity index (χ0n) is 15.4. The van der Waals surface area contributed by atoms with Crippen molar-refractivity contribution in [3.8, 4) is 17.0 Å². The number of benzene rings is 2. The molecular formula is C21H19N3O3S. The molecule has 0 fully saturated rings. The number of nitrogens with zero attached hydrogens (tertiary/aromatic N) is 2. The Balaban J connectivity index is 1.86. The van der Waals surface area contributed by atoms with Gasteiger partial charge >= 0.3 is 0 Å². The molecule has 0 saturated carbocycles. The second kappa shape index (κ2) is 6.60. The summed E-state index contributed by atoms with van der Waals surface area (Å²) in [4.78, 5) is 33.3. The Morgan fingerprint density at radius 2 is 2.04 bits per heavy atom. The zero-order chi connectivity index (χ0) is 19.3. The van der Waals surface area contributed by atoms with E-state index in [0.29, 0.717) is 40.0 Å². The molecule has 0 aliphatic carbocycles. The highest BCUT2D eigenvalue weighted by Gasteiger charge is 2.19. The van der Waals surface area contributed by atoms with Crippen molar-refractivity contribution in [1.82, 2.24) is 13.9 Å². The van der Waals surface area contributed by atoms with Gasteiger partial charge in [0.05, 0.1) is 22.2 Å². The maximum absolute atomic E-state index is 12.9. The molecule has 2 aromatic heterocycles. The number of H-pyrrole nitrogens is 1. The minimum Gasteiger partial charge on any atom is -0.491 e. The highest BCUT2D eigenvalue weighted by Crippen LogP contribution is 2.32. The molecule has 1 aliphatic heterocycles. The maximum atomic E-state index is 12.9. The highest BCUT2D eigenvalue weighted by molar-refractivity contribution is 7.14. The summed E-state index contributed by atoms with van der Waals surface area (Å²) in [5.74, 6) is 0.665. The summed E-state index contributed by atoms with van der Waals surface area (Å²) in [5, 5.41) is 0.634. The molecule has 0 radical (unpaired) electrons. The van der Waals surface area contributed by atoms with Crippen LogP contribution in [0.1, 0.15) is 32.2 Å². The van der Waals surface area contributed by atoms with Gasteiger partial charge < -0.3 is 9.72 Å². The number of rotatable bonds is 0. The first-order valence-electron chi connectivity index (χ1n) is 9.44. The summed E-state index contributed by atoms with van der Waals surface area (Å²) in [7, 11) is 0. The average molecular weight is 393 g/mol. The zero-order valence-corrected chi connectivity index (χ0v) is 16.2. The molecule has 7 heteroatoms. The smallest absolute Gasteiger partial charge is 0.275 e. The molecule has 6 nitrogen and oxygen atoms in total. The van der Waals surface area contributed by atoms with E-state index < -0.39 is 0 Å². The molecule has 0 saturated heterocycles. The fourth-order valence-corrected chi connectivity index (χ4v) is 4.94. The predicted octanol–water partition coefficient (Wildman–Crippen LogP) is 4.09. The van der Waals surface area contributed by atoms with Crippen LogP contribution in [0.15, 0.2) is 46.0 Å². The number of hydrogen-bond acceptors (Lipinski definition) is 5. The van der Waals surface area contributed by atoms with Gasteiger partial charge in [-0.05, 0) is 44.4 Å². The predicted molar refractivity (Wildman–Crippen MR) is 111 cm³/mol. The third kappa shape index (κ3) is 2.65. The minimum atomic E-state index is -0.273. The molecule has 142 valence electrons. The first-order valence-corrected chi connectivity index (χ1v) is 10.2. The molecular weight excluding hydrogens is 374 g/mol. The summed E-state index contributed by atoms with van der Waals surface area (Å²) in [6, 6.07) is 11.1. The summed E-state index contributed by atoms with van der Waals surface area (Å²) in [6.07, 6.45) is 2.76. The molecule has 1 unspecified atom stereocenters. The van der Waals surface area contributed by atoms with Gasteiger partial charge in [-0.25, -0.2) is 4.98 Å². The van der Waals surface area contributed by atoms with Crippen molar-refractivity contribution in [2.24, 2.45) is 0 Å². The first-order chi connectivity index (χ1) is 13.6. The third-order valence-corrected chi connectivity index (χ3v) is 6.60. The number of nitrogens with one attached hydrogen (secondary N) is 1. The topological polar surface area (TPSA) is 77.0 Å². The van der Waals surface area contributed by atoms with Crippen LogP contribution in [-0.2, 0) is 0 Å². The van der Waals surface area contributed by atoms with E-state index in [2.05, 4.69) is 16.9 Å². The molecule has 1 N–H and O–H groups in total. The van der Waals surface area contributed by atoms with Crippen molar-refractivity contribution in [2.75, 3.05) is 6.61 Å². The second-order valence-corrected chi connectivity index (χ2v) is 8.15. The van der Waals surface area contributed by atoms with Gasteiger partial charge in [-0.2, -0.15) is 0 Å². The lowest BCUT2D eigenvalue weighted by molar-refractivity contribution is 0.303. The first kappa shape index (κ1) is 17.2. The molecule has 1 aliphatic rings. The third-order valence-electron chi connectivity index (χ3n) is 5.25. The molecule has 1 atom stereocenters. The van der Waals surface area contributed by atoms with E-state index in [-0.39, 0.29) is 17.2 Å². The van der Waals surface area contributed by atoms with E-state index in [1.54, 1.807) is 0 Å². The van der Waals surface area contributed by atoms with Crippen molar-refractivity contribution in [1.29, 1.82) is 0 Å². The lowest BCUT2D eigenvalue weighted by Crippen LogP contribution is -2.17. The Morgan fingerprint density at radius 1 is 1.18 bits per heavy atom. The standard InChI is InChI=1S/C21H19N3O3S/c1-12-6-2-3-11-27-16-10-5-9-15-18(16)23-17(20(25)22-15)13-7-4-8-14-19(13)28-24(12)21(14)26/h4-5,7-10,12H,2-3,6,11H2,1H3,(H,22,25). The number of fused-ring (bicyclic) bond motifs is 3. The Morgan fingerprint density at radius 3 is 2.93 bits per heavy atom. The number of aromatic nitrogens is 3. The lowest BCUT2D eigenvalue weighted by Gasteiger charge is -2.13. The van der Waals surface area contributed by atoms with Gasteiger partial charge in [0.15, 0.2) is 0 Å². The van der Waals surface area contributed by atoms with E-state index in [1.807, 2.05) is 40.4 Å². The Bertz CT molecular complexity index is 1320. The van der Waals surface area contributed by atoms with Gasteiger partial charge in [-0.3, -0.25) is 13.5 Å². The number of aromatic amines is 1. The quantitative estimate of drug-likeness (QED) is 0.488. The largest absolute Gasteiger partial charge is 0.491 e. The van der Waals surface area contributed by atoms with Crippen LogP contribution < -0.4 is 15.9 Å². The van der Waals surface area contributed by atoms with Gasteiger partial charge in [0.2, 0.25) is 0 Å². The molecule has 4 aromatic rings. The molecule has 5 rings (SSSR count). The van der Waals surface area contributed by atoms with Crippen LogP contribution >= 0.6 is 11.5 Å². The molecule has 4 bridgehead atoms. The van der Waals surface area contributed by atoms with Gasteiger partial charge in [0, 0.05) is 11.6 Å². The molecule has 0 amide bonds. The van der Waals surface area contributed by atoms with Crippen LogP contribution in [0.3, 0.4) is 0 Å². The Hall–Kier alpha value is -2.93. The highest BCUT2D eigenvalue weighted by atomic mass is 32.1. The van der Waals surface area contributed by atoms with E-state index in [1.165, 1.54) is 11.5 Å². The van der Waals surface area contributed by atoms with E-state index in [0.717, 1.165) is 24.0 Å². The summed E-state index contributed by atoms with van der Waals surface area (Å²) in [5.41, 5.74) is 1.99. The fraction of sp³-hybridized carbons (Fsp3) is 0.286. The van der Waals surface area contributed by atoms with Gasteiger partial charge in [0.1, 0.15) is 17.0 Å². The van der Waals surface area contributed by atoms with E-state index in [9.17, 15) is 9.59 Å². The van der Waals surface area contributed by atoms with Crippen molar-refractivity contribution in [3.63, 3.8) is 0 Å². The van der Waals surface area contributed by atoms with Gasteiger partial charge in [-0.1, -0.05) is 29.7 Å². The molecule has 3 heterocycles. The Kier molecular flexibility index (Phi) is 4.05. The molecule has 28 heavy (non-hydrogen) atoms. The monoisotopic (exact) mass is 393 g/mol. The average Bonchev–Trinajstić information content (AvgIpc) is 3.04. The second-order valence-electron chi connectivity index (χ2n) is 7.16. The van der Waals surface area contributed by atoms with Gasteiger partial charge in [0.25, 0.3) is 11.1 Å². The van der Waals surface area contributed by atoms with E-state index >= 15 is 0 Å². The maximum Gasteiger partial charge on any atom is 0.275 e. The molecule has 2 aromatic carbocycles. The van der Waals surface area contributed by atoms with Crippen molar-refractivity contribution >= 4 is 32.7 Å². The molecule has 0 spiro atoms. The van der Waals surface area contributed by atoms with Crippen LogP contribution in [0.4, 0.5) is 0 Å². The van der Waals surface area contributed by atoms with Crippen molar-refractivity contribution < 1.29 is 4.74 Å². The van der Waals surface area contributed by atoms with E-state index in [4.69, 9.17) is 4.74 Å². The normalized spacial score (nSPS) is 17.1. The minimum absolute atomic E-state index is 0.00150. The summed E-state index contributed by atoms with van der Waals surface area (Å²) < 4.78 is 8.59. The van der Waals surface area contributed by atoms with Crippen LogP contribution in [-0.4, -0.2) is 20.5 Å². The number of hydrogen-bond donors (Lipinski definition) is 1. The van der Waals surface area contributed by atoms with Crippen LogP contribution in [0, 0.1) is 0 Å². The number of para-hydroxylation sites is 1. The van der Waals surface area contributed by atoms with Crippen molar-refractivity contribution in [2.45, 2.75) is 32.2 Å². The van der Waals surface area contributed by atoms with Crippen LogP contribution in [0.2, 0.25) is 0 Å². The summed E-state index contributed by atoms with van der Waals surface area (Å²) in [6.45, 7) is 2.64. The Labute approximate surface area is 164 Å². The van der Waals surface area contributed by atoms with Crippen LogP contribution in [0.5, 0.6) is 5.75 Å². The van der Waals surface area contributed by atoms with Crippen molar-refractivity contribution in [3.05, 3.63) is 57.1 Å². The summed E-state index contributed by atoms with van der Waals surface area (Å²) >= 11 is 1.42.